The normalized spacial score (nSPS) is 15.6. The summed E-state index contributed by atoms with van der Waals surface area (Å²) in [6.07, 6.45) is 7.58. The van der Waals surface area contributed by atoms with Crippen molar-refractivity contribution in [2.45, 2.75) is 64.0 Å². The van der Waals surface area contributed by atoms with Gasteiger partial charge in [0, 0.05) is 0 Å². The summed E-state index contributed by atoms with van der Waals surface area (Å²) < 4.78 is 19.8. The van der Waals surface area contributed by atoms with E-state index >= 15 is 0 Å². The molecule has 0 aliphatic rings. The molecule has 1 N–H and O–H groups in total. The molecule has 0 fully saturated rings. The van der Waals surface area contributed by atoms with E-state index in [2.05, 4.69) is 13.8 Å². The molecule has 0 rings (SSSR count). The Morgan fingerprint density at radius 3 is 2.23 bits per heavy atom. The van der Waals surface area contributed by atoms with Gasteiger partial charge < -0.3 is 4.55 Å². The van der Waals surface area contributed by atoms with Gasteiger partial charge in [-0.05, 0) is 12.8 Å². The van der Waals surface area contributed by atoms with Gasteiger partial charge in [0.1, 0.15) is 0 Å². The van der Waals surface area contributed by atoms with Gasteiger partial charge in [0.15, 0.2) is 11.1 Å². The first-order chi connectivity index (χ1) is 6.22. The number of hydrogen-bond donors (Lipinski definition) is 1. The lowest BCUT2D eigenvalue weighted by Gasteiger charge is -2.10. The predicted molar refractivity (Wildman–Crippen MR) is 58.2 cm³/mol. The van der Waals surface area contributed by atoms with E-state index in [4.69, 9.17) is 4.55 Å². The van der Waals surface area contributed by atoms with Crippen molar-refractivity contribution in [3.63, 3.8) is 0 Å². The summed E-state index contributed by atoms with van der Waals surface area (Å²) in [4.78, 5) is 0. The van der Waals surface area contributed by atoms with Gasteiger partial charge in [0.2, 0.25) is 0 Å². The molecule has 0 aromatic heterocycles. The highest BCUT2D eigenvalue weighted by molar-refractivity contribution is 7.79. The number of rotatable bonds is 8. The third-order valence-electron chi connectivity index (χ3n) is 2.28. The molecule has 0 heterocycles. The average molecular weight is 206 g/mol. The second-order valence-corrected chi connectivity index (χ2v) is 4.76. The molecule has 0 saturated heterocycles. The SMILES string of the molecule is CCCCCCC(CCC)S(=O)O. The van der Waals surface area contributed by atoms with E-state index in [1.165, 1.54) is 19.3 Å². The summed E-state index contributed by atoms with van der Waals surface area (Å²) in [6, 6.07) is 0. The van der Waals surface area contributed by atoms with Gasteiger partial charge in [-0.1, -0.05) is 46.0 Å². The van der Waals surface area contributed by atoms with Crippen LogP contribution >= 0.6 is 0 Å². The molecular formula is C10H22O2S. The van der Waals surface area contributed by atoms with Gasteiger partial charge >= 0.3 is 0 Å². The molecule has 2 nitrogen and oxygen atoms in total. The van der Waals surface area contributed by atoms with Crippen LogP contribution in [-0.4, -0.2) is 14.0 Å². The molecular weight excluding hydrogens is 184 g/mol. The maximum atomic E-state index is 10.9. The smallest absolute Gasteiger partial charge is 0.155 e. The predicted octanol–water partition coefficient (Wildman–Crippen LogP) is 3.35. The maximum Gasteiger partial charge on any atom is 0.155 e. The fourth-order valence-corrected chi connectivity index (χ4v) is 2.27. The molecule has 0 aromatic rings. The molecule has 0 aliphatic carbocycles. The summed E-state index contributed by atoms with van der Waals surface area (Å²) in [6.45, 7) is 4.24. The Kier molecular flexibility index (Phi) is 8.77. The zero-order valence-electron chi connectivity index (χ0n) is 8.79. The number of hydrogen-bond acceptors (Lipinski definition) is 1. The lowest BCUT2D eigenvalue weighted by molar-refractivity contribution is 0.515. The molecule has 0 amide bonds. The highest BCUT2D eigenvalue weighted by Gasteiger charge is 2.12. The van der Waals surface area contributed by atoms with Gasteiger partial charge in [-0.3, -0.25) is 0 Å². The molecule has 0 saturated carbocycles. The zero-order valence-corrected chi connectivity index (χ0v) is 9.61. The molecule has 3 heteroatoms. The molecule has 0 bridgehead atoms. The standard InChI is InChI=1S/C10H22O2S/c1-3-5-6-7-9-10(8-4-2)13(11)12/h10H,3-9H2,1-2H3,(H,11,12). The van der Waals surface area contributed by atoms with Crippen LogP contribution in [0, 0.1) is 0 Å². The summed E-state index contributed by atoms with van der Waals surface area (Å²) >= 11 is -1.61. The minimum absolute atomic E-state index is 0.0156. The van der Waals surface area contributed by atoms with Crippen molar-refractivity contribution < 1.29 is 8.76 Å². The fraction of sp³-hybridized carbons (Fsp3) is 1.00. The second kappa shape index (κ2) is 8.70. The Balaban J connectivity index is 3.51. The van der Waals surface area contributed by atoms with Crippen LogP contribution in [0.1, 0.15) is 58.8 Å². The summed E-state index contributed by atoms with van der Waals surface area (Å²) in [5.41, 5.74) is 0. The van der Waals surface area contributed by atoms with Crippen molar-refractivity contribution in [1.29, 1.82) is 0 Å². The summed E-state index contributed by atoms with van der Waals surface area (Å²) in [7, 11) is 0. The molecule has 2 unspecified atom stereocenters. The first kappa shape index (κ1) is 13.1. The van der Waals surface area contributed by atoms with Crippen molar-refractivity contribution >= 4 is 11.1 Å². The van der Waals surface area contributed by atoms with Gasteiger partial charge in [-0.25, -0.2) is 4.21 Å². The first-order valence-corrected chi connectivity index (χ1v) is 6.49. The van der Waals surface area contributed by atoms with E-state index in [1.807, 2.05) is 0 Å². The second-order valence-electron chi connectivity index (χ2n) is 3.54. The summed E-state index contributed by atoms with van der Waals surface area (Å²) in [5.74, 6) is 0. The largest absolute Gasteiger partial charge is 0.306 e. The average Bonchev–Trinajstić information content (AvgIpc) is 2.10. The Bertz CT molecular complexity index is 137. The van der Waals surface area contributed by atoms with Crippen LogP contribution in [0.4, 0.5) is 0 Å². The van der Waals surface area contributed by atoms with Gasteiger partial charge in [-0.15, -0.1) is 0 Å². The molecule has 13 heavy (non-hydrogen) atoms. The highest BCUT2D eigenvalue weighted by Crippen LogP contribution is 2.13. The maximum absolute atomic E-state index is 10.9. The Morgan fingerprint density at radius 1 is 1.08 bits per heavy atom. The lowest BCUT2D eigenvalue weighted by atomic mass is 10.1. The van der Waals surface area contributed by atoms with Crippen LogP contribution in [-0.2, 0) is 11.1 Å². The first-order valence-electron chi connectivity index (χ1n) is 5.32. The van der Waals surface area contributed by atoms with E-state index in [0.717, 1.165) is 25.7 Å². The van der Waals surface area contributed by atoms with Crippen molar-refractivity contribution in [3.8, 4) is 0 Å². The monoisotopic (exact) mass is 206 g/mol. The molecule has 0 aromatic carbocycles. The molecule has 80 valence electrons. The summed E-state index contributed by atoms with van der Waals surface area (Å²) in [5, 5.41) is 0.0156. The van der Waals surface area contributed by atoms with Gasteiger partial charge in [-0.2, -0.15) is 0 Å². The van der Waals surface area contributed by atoms with Crippen molar-refractivity contribution in [3.05, 3.63) is 0 Å². The lowest BCUT2D eigenvalue weighted by Crippen LogP contribution is -2.13. The quantitative estimate of drug-likeness (QED) is 0.488. The van der Waals surface area contributed by atoms with E-state index in [0.29, 0.717) is 0 Å². The van der Waals surface area contributed by atoms with Gasteiger partial charge in [0.05, 0.1) is 5.25 Å². The molecule has 2 atom stereocenters. The molecule has 0 spiro atoms. The van der Waals surface area contributed by atoms with E-state index in [1.54, 1.807) is 0 Å². The minimum atomic E-state index is -1.61. The fourth-order valence-electron chi connectivity index (χ4n) is 1.47. The van der Waals surface area contributed by atoms with Crippen LogP contribution in [0.2, 0.25) is 0 Å². The van der Waals surface area contributed by atoms with Crippen LogP contribution in [0.5, 0.6) is 0 Å². The van der Waals surface area contributed by atoms with Crippen LogP contribution in [0.25, 0.3) is 0 Å². The van der Waals surface area contributed by atoms with Crippen LogP contribution < -0.4 is 0 Å². The third kappa shape index (κ3) is 7.20. The minimum Gasteiger partial charge on any atom is -0.306 e. The van der Waals surface area contributed by atoms with E-state index in [-0.39, 0.29) is 5.25 Å². The zero-order chi connectivity index (χ0) is 10.1. The van der Waals surface area contributed by atoms with Gasteiger partial charge in [0.25, 0.3) is 0 Å². The van der Waals surface area contributed by atoms with Crippen molar-refractivity contribution in [2.75, 3.05) is 0 Å². The Morgan fingerprint density at radius 2 is 1.77 bits per heavy atom. The molecule has 0 radical (unpaired) electrons. The third-order valence-corrected chi connectivity index (χ3v) is 3.32. The molecule has 0 aliphatic heterocycles. The Labute approximate surface area is 84.4 Å². The van der Waals surface area contributed by atoms with Crippen LogP contribution in [0.15, 0.2) is 0 Å². The topological polar surface area (TPSA) is 37.3 Å². The van der Waals surface area contributed by atoms with Crippen molar-refractivity contribution in [1.82, 2.24) is 0 Å². The van der Waals surface area contributed by atoms with Crippen LogP contribution in [0.3, 0.4) is 0 Å². The number of unbranched alkanes of at least 4 members (excludes halogenated alkanes) is 3. The Hall–Kier alpha value is 0.110. The van der Waals surface area contributed by atoms with E-state index in [9.17, 15) is 4.21 Å². The van der Waals surface area contributed by atoms with Crippen molar-refractivity contribution in [2.24, 2.45) is 0 Å². The highest BCUT2D eigenvalue weighted by atomic mass is 32.2. The van der Waals surface area contributed by atoms with E-state index < -0.39 is 11.1 Å².